The van der Waals surface area contributed by atoms with Crippen molar-refractivity contribution < 1.29 is 0 Å². The Morgan fingerprint density at radius 2 is 1.94 bits per heavy atom. The third-order valence-corrected chi connectivity index (χ3v) is 3.83. The van der Waals surface area contributed by atoms with Crippen LogP contribution in [0.2, 0.25) is 0 Å². The maximum absolute atomic E-state index is 5.81. The van der Waals surface area contributed by atoms with Gasteiger partial charge in [0.1, 0.15) is 0 Å². The number of H-pyrrole nitrogens is 1. The van der Waals surface area contributed by atoms with Crippen molar-refractivity contribution in [3.63, 3.8) is 0 Å². The van der Waals surface area contributed by atoms with Crippen molar-refractivity contribution in [3.8, 4) is 11.3 Å². The van der Waals surface area contributed by atoms with Gasteiger partial charge in [-0.15, -0.1) is 0 Å². The fraction of sp³-hybridized carbons (Fsp3) is 0.400. The molecule has 3 rings (SSSR count). The highest BCUT2D eigenvalue weighted by molar-refractivity contribution is 5.64. The summed E-state index contributed by atoms with van der Waals surface area (Å²) in [6.45, 7) is 0. The number of benzene rings is 1. The number of nitrogen functional groups attached to an aromatic ring is 1. The summed E-state index contributed by atoms with van der Waals surface area (Å²) in [5.41, 5.74) is 9.97. The van der Waals surface area contributed by atoms with Crippen LogP contribution in [0.25, 0.3) is 11.3 Å². The Hall–Kier alpha value is -1.77. The largest absolute Gasteiger partial charge is 0.399 e. The van der Waals surface area contributed by atoms with E-state index in [4.69, 9.17) is 5.73 Å². The maximum Gasteiger partial charge on any atom is 0.0924 e. The number of aromatic amines is 1. The van der Waals surface area contributed by atoms with E-state index in [9.17, 15) is 0 Å². The smallest absolute Gasteiger partial charge is 0.0924 e. The van der Waals surface area contributed by atoms with Gasteiger partial charge in [0.2, 0.25) is 0 Å². The van der Waals surface area contributed by atoms with E-state index in [0.29, 0.717) is 5.92 Å². The van der Waals surface area contributed by atoms with E-state index < -0.39 is 0 Å². The molecule has 1 heterocycles. The number of nitrogens with two attached hydrogens (primary N) is 1. The summed E-state index contributed by atoms with van der Waals surface area (Å²) in [4.78, 5) is 0. The molecule has 1 aliphatic carbocycles. The number of rotatable bonds is 2. The topological polar surface area (TPSA) is 54.7 Å². The number of nitrogens with one attached hydrogen (secondary N) is 1. The fourth-order valence-corrected chi connectivity index (χ4v) is 2.81. The Morgan fingerprint density at radius 3 is 2.72 bits per heavy atom. The first-order valence-corrected chi connectivity index (χ1v) is 6.74. The third-order valence-electron chi connectivity index (χ3n) is 3.83. The van der Waals surface area contributed by atoms with Gasteiger partial charge < -0.3 is 5.73 Å². The zero-order chi connectivity index (χ0) is 12.4. The van der Waals surface area contributed by atoms with E-state index in [1.165, 1.54) is 37.8 Å². The van der Waals surface area contributed by atoms with Crippen LogP contribution in [0.1, 0.15) is 43.7 Å². The predicted octanol–water partition coefficient (Wildman–Crippen LogP) is 3.71. The van der Waals surface area contributed by atoms with Crippen LogP contribution in [0, 0.1) is 0 Å². The second kappa shape index (κ2) is 4.84. The quantitative estimate of drug-likeness (QED) is 0.787. The van der Waals surface area contributed by atoms with E-state index in [1.54, 1.807) is 0 Å². The van der Waals surface area contributed by atoms with Crippen molar-refractivity contribution in [2.24, 2.45) is 0 Å². The van der Waals surface area contributed by atoms with E-state index in [-0.39, 0.29) is 0 Å². The second-order valence-corrected chi connectivity index (χ2v) is 5.17. The predicted molar refractivity (Wildman–Crippen MR) is 74.3 cm³/mol. The van der Waals surface area contributed by atoms with Gasteiger partial charge in [0, 0.05) is 22.9 Å². The molecule has 0 radical (unpaired) electrons. The van der Waals surface area contributed by atoms with E-state index in [0.717, 1.165) is 16.9 Å². The minimum Gasteiger partial charge on any atom is -0.399 e. The second-order valence-electron chi connectivity index (χ2n) is 5.17. The molecular weight excluding hydrogens is 222 g/mol. The Labute approximate surface area is 107 Å². The van der Waals surface area contributed by atoms with Gasteiger partial charge >= 0.3 is 0 Å². The van der Waals surface area contributed by atoms with E-state index in [2.05, 4.69) is 22.3 Å². The summed E-state index contributed by atoms with van der Waals surface area (Å²) in [6.07, 6.45) is 6.65. The molecular formula is C15H19N3. The van der Waals surface area contributed by atoms with Crippen molar-refractivity contribution >= 4 is 5.69 Å². The number of hydrogen-bond donors (Lipinski definition) is 2. The molecule has 18 heavy (non-hydrogen) atoms. The molecule has 0 amide bonds. The van der Waals surface area contributed by atoms with Crippen LogP contribution in [0.5, 0.6) is 0 Å². The molecule has 1 fully saturated rings. The Morgan fingerprint density at radius 1 is 1.11 bits per heavy atom. The molecule has 3 heteroatoms. The Balaban J connectivity index is 1.84. The minimum atomic E-state index is 0.668. The van der Waals surface area contributed by atoms with Crippen molar-refractivity contribution in [2.75, 3.05) is 5.73 Å². The summed E-state index contributed by atoms with van der Waals surface area (Å²) >= 11 is 0. The summed E-state index contributed by atoms with van der Waals surface area (Å²) in [7, 11) is 0. The van der Waals surface area contributed by atoms with Crippen LogP contribution in [0.15, 0.2) is 30.3 Å². The summed E-state index contributed by atoms with van der Waals surface area (Å²) in [5.74, 6) is 0.668. The first kappa shape index (κ1) is 11.3. The van der Waals surface area contributed by atoms with Gasteiger partial charge in [-0.3, -0.25) is 5.10 Å². The molecule has 1 aliphatic rings. The lowest BCUT2D eigenvalue weighted by Crippen LogP contribution is -2.04. The molecule has 2 aromatic rings. The standard InChI is InChI=1S/C15H19N3/c16-13-8-4-7-12(9-13)15-10-14(17-18-15)11-5-2-1-3-6-11/h4,7-11H,1-3,5-6,16H2,(H,17,18). The SMILES string of the molecule is Nc1cccc(-c2cc(C3CCCCC3)[nH]n2)c1. The van der Waals surface area contributed by atoms with Gasteiger partial charge in [-0.2, -0.15) is 5.10 Å². The molecule has 1 saturated carbocycles. The van der Waals surface area contributed by atoms with Gasteiger partial charge in [-0.1, -0.05) is 31.4 Å². The molecule has 0 spiro atoms. The first-order chi connectivity index (χ1) is 8.83. The normalized spacial score (nSPS) is 16.9. The molecule has 0 unspecified atom stereocenters. The molecule has 0 saturated heterocycles. The average Bonchev–Trinajstić information content (AvgIpc) is 2.89. The highest BCUT2D eigenvalue weighted by atomic mass is 15.1. The van der Waals surface area contributed by atoms with Crippen molar-refractivity contribution in [3.05, 3.63) is 36.0 Å². The van der Waals surface area contributed by atoms with Crippen molar-refractivity contribution in [2.45, 2.75) is 38.0 Å². The Kier molecular flexibility index (Phi) is 3.05. The molecule has 0 atom stereocenters. The maximum atomic E-state index is 5.81. The van der Waals surface area contributed by atoms with E-state index >= 15 is 0 Å². The van der Waals surface area contributed by atoms with Gasteiger partial charge in [-0.25, -0.2) is 0 Å². The van der Waals surface area contributed by atoms with Crippen molar-refractivity contribution in [1.82, 2.24) is 10.2 Å². The lowest BCUT2D eigenvalue weighted by Gasteiger charge is -2.19. The molecule has 1 aromatic carbocycles. The lowest BCUT2D eigenvalue weighted by atomic mass is 9.87. The Bertz CT molecular complexity index is 524. The van der Waals surface area contributed by atoms with E-state index in [1.807, 2.05) is 18.2 Å². The molecule has 94 valence electrons. The summed E-state index contributed by atoms with van der Waals surface area (Å²) in [5, 5.41) is 7.62. The average molecular weight is 241 g/mol. The van der Waals surface area contributed by atoms with Gasteiger partial charge in [0.05, 0.1) is 5.69 Å². The van der Waals surface area contributed by atoms with Gasteiger partial charge in [-0.05, 0) is 31.0 Å². The van der Waals surface area contributed by atoms with Crippen LogP contribution >= 0.6 is 0 Å². The highest BCUT2D eigenvalue weighted by Gasteiger charge is 2.17. The molecule has 1 aromatic heterocycles. The fourth-order valence-electron chi connectivity index (χ4n) is 2.81. The molecule has 0 bridgehead atoms. The summed E-state index contributed by atoms with van der Waals surface area (Å²) < 4.78 is 0. The number of hydrogen-bond acceptors (Lipinski definition) is 2. The lowest BCUT2D eigenvalue weighted by molar-refractivity contribution is 0.436. The highest BCUT2D eigenvalue weighted by Crippen LogP contribution is 2.33. The monoisotopic (exact) mass is 241 g/mol. The van der Waals surface area contributed by atoms with Crippen LogP contribution < -0.4 is 5.73 Å². The van der Waals surface area contributed by atoms with Gasteiger partial charge in [0.15, 0.2) is 0 Å². The molecule has 3 N–H and O–H groups in total. The first-order valence-electron chi connectivity index (χ1n) is 6.74. The van der Waals surface area contributed by atoms with Gasteiger partial charge in [0.25, 0.3) is 0 Å². The number of anilines is 1. The number of nitrogens with zero attached hydrogens (tertiary/aromatic N) is 1. The zero-order valence-corrected chi connectivity index (χ0v) is 10.5. The summed E-state index contributed by atoms with van der Waals surface area (Å²) in [6, 6.07) is 10.1. The van der Waals surface area contributed by atoms with Crippen LogP contribution in [0.3, 0.4) is 0 Å². The minimum absolute atomic E-state index is 0.668. The number of aromatic nitrogens is 2. The van der Waals surface area contributed by atoms with Crippen LogP contribution in [-0.4, -0.2) is 10.2 Å². The third kappa shape index (κ3) is 2.26. The van der Waals surface area contributed by atoms with Crippen LogP contribution in [0.4, 0.5) is 5.69 Å². The molecule has 0 aliphatic heterocycles. The molecule has 3 nitrogen and oxygen atoms in total. The van der Waals surface area contributed by atoms with Crippen LogP contribution in [-0.2, 0) is 0 Å². The zero-order valence-electron chi connectivity index (χ0n) is 10.5. The van der Waals surface area contributed by atoms with Crippen molar-refractivity contribution in [1.29, 1.82) is 0 Å².